The van der Waals surface area contributed by atoms with Crippen molar-refractivity contribution in [3.05, 3.63) is 52.1 Å². The molecule has 1 amide bonds. The SMILES string of the molecule is NC(=O)c1cnn(-c2cc(F)cc([N+](=O)[O-])c2)c1. The quantitative estimate of drug-likeness (QED) is 0.648. The number of nitro benzene ring substituents is 1. The zero-order chi connectivity index (χ0) is 13.3. The highest BCUT2D eigenvalue weighted by Gasteiger charge is 2.12. The summed E-state index contributed by atoms with van der Waals surface area (Å²) < 4.78 is 14.3. The molecule has 18 heavy (non-hydrogen) atoms. The lowest BCUT2D eigenvalue weighted by molar-refractivity contribution is -0.385. The average Bonchev–Trinajstić information content (AvgIpc) is 2.77. The summed E-state index contributed by atoms with van der Waals surface area (Å²) in [5.41, 5.74) is 4.90. The third kappa shape index (κ3) is 2.17. The zero-order valence-electron chi connectivity index (χ0n) is 8.91. The van der Waals surface area contributed by atoms with Gasteiger partial charge in [0.05, 0.1) is 28.4 Å². The number of nitrogens with two attached hydrogens (primary N) is 1. The Kier molecular flexibility index (Phi) is 2.76. The Labute approximate surface area is 99.8 Å². The highest BCUT2D eigenvalue weighted by Crippen LogP contribution is 2.19. The van der Waals surface area contributed by atoms with Crippen molar-refractivity contribution in [1.29, 1.82) is 0 Å². The van der Waals surface area contributed by atoms with E-state index < -0.39 is 22.3 Å². The average molecular weight is 250 g/mol. The maximum absolute atomic E-state index is 13.2. The van der Waals surface area contributed by atoms with Gasteiger partial charge in [-0.2, -0.15) is 5.10 Å². The monoisotopic (exact) mass is 250 g/mol. The van der Waals surface area contributed by atoms with Crippen LogP contribution in [0.4, 0.5) is 10.1 Å². The van der Waals surface area contributed by atoms with Gasteiger partial charge >= 0.3 is 0 Å². The minimum absolute atomic E-state index is 0.127. The van der Waals surface area contributed by atoms with E-state index in [1.54, 1.807) is 0 Å². The number of primary amides is 1. The molecule has 0 aliphatic heterocycles. The van der Waals surface area contributed by atoms with Crippen LogP contribution in [-0.4, -0.2) is 20.6 Å². The second kappa shape index (κ2) is 4.24. The van der Waals surface area contributed by atoms with Crippen molar-refractivity contribution in [2.75, 3.05) is 0 Å². The summed E-state index contributed by atoms with van der Waals surface area (Å²) in [6, 6.07) is 2.99. The number of amides is 1. The van der Waals surface area contributed by atoms with Crippen LogP contribution in [0.5, 0.6) is 0 Å². The second-order valence-electron chi connectivity index (χ2n) is 3.46. The first-order valence-electron chi connectivity index (χ1n) is 4.77. The number of benzene rings is 1. The van der Waals surface area contributed by atoms with E-state index in [2.05, 4.69) is 5.10 Å². The van der Waals surface area contributed by atoms with Crippen molar-refractivity contribution in [3.8, 4) is 5.69 Å². The third-order valence-electron chi connectivity index (χ3n) is 2.21. The molecule has 2 rings (SSSR count). The molecule has 0 radical (unpaired) electrons. The number of non-ortho nitro benzene ring substituents is 1. The fourth-order valence-corrected chi connectivity index (χ4v) is 1.39. The van der Waals surface area contributed by atoms with E-state index in [4.69, 9.17) is 5.73 Å². The first-order valence-corrected chi connectivity index (χ1v) is 4.77. The maximum Gasteiger partial charge on any atom is 0.274 e. The smallest absolute Gasteiger partial charge is 0.274 e. The number of carbonyl (C=O) groups excluding carboxylic acids is 1. The Morgan fingerprint density at radius 3 is 2.72 bits per heavy atom. The normalized spacial score (nSPS) is 10.3. The predicted octanol–water partition coefficient (Wildman–Crippen LogP) is 1.02. The van der Waals surface area contributed by atoms with Crippen LogP contribution in [0.15, 0.2) is 30.6 Å². The largest absolute Gasteiger partial charge is 0.366 e. The summed E-state index contributed by atoms with van der Waals surface area (Å²) in [6.07, 6.45) is 2.46. The van der Waals surface area contributed by atoms with Gasteiger partial charge in [-0.05, 0) is 0 Å². The zero-order valence-corrected chi connectivity index (χ0v) is 8.91. The number of halogens is 1. The van der Waals surface area contributed by atoms with E-state index in [-0.39, 0.29) is 11.3 Å². The van der Waals surface area contributed by atoms with Crippen molar-refractivity contribution in [2.24, 2.45) is 5.73 Å². The topological polar surface area (TPSA) is 104 Å². The van der Waals surface area contributed by atoms with Crippen LogP contribution in [0.1, 0.15) is 10.4 Å². The van der Waals surface area contributed by atoms with Crippen LogP contribution in [0.2, 0.25) is 0 Å². The van der Waals surface area contributed by atoms with E-state index in [1.807, 2.05) is 0 Å². The molecular weight excluding hydrogens is 243 g/mol. The molecule has 1 aromatic heterocycles. The molecule has 1 aromatic carbocycles. The molecule has 0 aliphatic carbocycles. The lowest BCUT2D eigenvalue weighted by Crippen LogP contribution is -2.09. The minimum Gasteiger partial charge on any atom is -0.366 e. The lowest BCUT2D eigenvalue weighted by atomic mass is 10.2. The minimum atomic E-state index is -0.768. The number of nitro groups is 1. The van der Waals surface area contributed by atoms with Gasteiger partial charge in [0.2, 0.25) is 0 Å². The van der Waals surface area contributed by atoms with Crippen molar-refractivity contribution in [2.45, 2.75) is 0 Å². The van der Waals surface area contributed by atoms with Gasteiger partial charge in [-0.3, -0.25) is 14.9 Å². The molecule has 0 unspecified atom stereocenters. The maximum atomic E-state index is 13.2. The molecule has 92 valence electrons. The molecule has 0 atom stereocenters. The molecule has 0 saturated heterocycles. The highest BCUT2D eigenvalue weighted by molar-refractivity contribution is 5.92. The fourth-order valence-electron chi connectivity index (χ4n) is 1.39. The third-order valence-corrected chi connectivity index (χ3v) is 2.21. The number of hydrogen-bond donors (Lipinski definition) is 1. The molecule has 8 heteroatoms. The molecule has 0 fully saturated rings. The van der Waals surface area contributed by atoms with E-state index in [1.165, 1.54) is 12.4 Å². The predicted molar refractivity (Wildman–Crippen MR) is 58.7 cm³/mol. The number of rotatable bonds is 3. The summed E-state index contributed by atoms with van der Waals surface area (Å²) in [7, 11) is 0. The van der Waals surface area contributed by atoms with Crippen LogP contribution < -0.4 is 5.73 Å². The van der Waals surface area contributed by atoms with Gasteiger partial charge in [-0.1, -0.05) is 0 Å². The van der Waals surface area contributed by atoms with Gasteiger partial charge in [0.15, 0.2) is 0 Å². The van der Waals surface area contributed by atoms with Crippen molar-refractivity contribution >= 4 is 11.6 Å². The van der Waals surface area contributed by atoms with Crippen LogP contribution in [0.3, 0.4) is 0 Å². The summed E-state index contributed by atoms with van der Waals surface area (Å²) >= 11 is 0. The van der Waals surface area contributed by atoms with Gasteiger partial charge in [0, 0.05) is 18.3 Å². The number of aromatic nitrogens is 2. The molecule has 2 N–H and O–H groups in total. The van der Waals surface area contributed by atoms with E-state index >= 15 is 0 Å². The molecule has 1 heterocycles. The standard InChI is InChI=1S/C10H7FN4O3/c11-7-1-8(3-9(2-7)15(17)18)14-5-6(4-13-14)10(12)16/h1-5H,(H2,12,16). The molecule has 0 aliphatic rings. The molecule has 0 bridgehead atoms. The van der Waals surface area contributed by atoms with Gasteiger partial charge < -0.3 is 5.73 Å². The van der Waals surface area contributed by atoms with Gasteiger partial charge in [-0.25, -0.2) is 9.07 Å². The van der Waals surface area contributed by atoms with Crippen molar-refractivity contribution in [1.82, 2.24) is 9.78 Å². The molecule has 2 aromatic rings. The summed E-state index contributed by atoms with van der Waals surface area (Å²) in [5.74, 6) is -1.46. The Bertz CT molecular complexity index is 638. The number of nitrogens with zero attached hydrogens (tertiary/aromatic N) is 3. The van der Waals surface area contributed by atoms with Gasteiger partial charge in [0.25, 0.3) is 11.6 Å². The van der Waals surface area contributed by atoms with E-state index in [0.717, 1.165) is 22.9 Å². The first-order chi connectivity index (χ1) is 8.47. The molecule has 0 spiro atoms. The summed E-state index contributed by atoms with van der Waals surface area (Å²) in [6.45, 7) is 0. The van der Waals surface area contributed by atoms with Crippen LogP contribution in [-0.2, 0) is 0 Å². The van der Waals surface area contributed by atoms with Crippen molar-refractivity contribution < 1.29 is 14.1 Å². The molecular formula is C10H7FN4O3. The van der Waals surface area contributed by atoms with Gasteiger partial charge in [0.1, 0.15) is 5.82 Å². The summed E-state index contributed by atoms with van der Waals surface area (Å²) in [5, 5.41) is 14.4. The van der Waals surface area contributed by atoms with E-state index in [0.29, 0.717) is 0 Å². The number of carbonyl (C=O) groups is 1. The van der Waals surface area contributed by atoms with Crippen LogP contribution in [0, 0.1) is 15.9 Å². The Balaban J connectivity index is 2.49. The lowest BCUT2D eigenvalue weighted by Gasteiger charge is -2.01. The Morgan fingerprint density at radius 1 is 1.44 bits per heavy atom. The Hall–Kier alpha value is -2.77. The highest BCUT2D eigenvalue weighted by atomic mass is 19.1. The molecule has 0 saturated carbocycles. The van der Waals surface area contributed by atoms with Crippen LogP contribution in [0.25, 0.3) is 5.69 Å². The molecule has 7 nitrogen and oxygen atoms in total. The Morgan fingerprint density at radius 2 is 2.17 bits per heavy atom. The fraction of sp³-hybridized carbons (Fsp3) is 0. The first kappa shape index (κ1) is 11.7. The second-order valence-corrected chi connectivity index (χ2v) is 3.46. The summed E-state index contributed by atoms with van der Waals surface area (Å²) in [4.78, 5) is 20.7. The number of hydrogen-bond acceptors (Lipinski definition) is 4. The van der Waals surface area contributed by atoms with Crippen LogP contribution >= 0.6 is 0 Å². The van der Waals surface area contributed by atoms with Gasteiger partial charge in [-0.15, -0.1) is 0 Å². The van der Waals surface area contributed by atoms with E-state index in [9.17, 15) is 19.3 Å². The van der Waals surface area contributed by atoms with Crippen molar-refractivity contribution in [3.63, 3.8) is 0 Å².